The van der Waals surface area contributed by atoms with E-state index in [9.17, 15) is 0 Å². The first-order chi connectivity index (χ1) is 8.11. The van der Waals surface area contributed by atoms with Crippen LogP contribution in [-0.4, -0.2) is 11.5 Å². The van der Waals surface area contributed by atoms with E-state index in [2.05, 4.69) is 24.0 Å². The highest BCUT2D eigenvalue weighted by molar-refractivity contribution is 6.35. The minimum absolute atomic E-state index is 0.703. The second kappa shape index (κ2) is 5.03. The summed E-state index contributed by atoms with van der Waals surface area (Å²) in [7, 11) is 0. The first-order valence-corrected chi connectivity index (χ1v) is 6.26. The first kappa shape index (κ1) is 12.3. The SMILES string of the molecule is Cc1cc(CCCN)c2nc(C)cc(Cl)c2c1. The van der Waals surface area contributed by atoms with Crippen LogP contribution in [0.4, 0.5) is 0 Å². The van der Waals surface area contributed by atoms with Crippen LogP contribution in [0.15, 0.2) is 18.2 Å². The molecule has 0 radical (unpaired) electrons. The third-order valence-corrected chi connectivity index (χ3v) is 3.18. The van der Waals surface area contributed by atoms with E-state index >= 15 is 0 Å². The molecule has 0 fully saturated rings. The zero-order valence-corrected chi connectivity index (χ0v) is 11.0. The summed E-state index contributed by atoms with van der Waals surface area (Å²) in [6, 6.07) is 6.19. The Labute approximate surface area is 107 Å². The molecule has 1 aromatic heterocycles. The monoisotopic (exact) mass is 248 g/mol. The lowest BCUT2D eigenvalue weighted by Crippen LogP contribution is -2.02. The molecule has 0 saturated heterocycles. The predicted molar refractivity (Wildman–Crippen MR) is 73.6 cm³/mol. The number of benzene rings is 1. The van der Waals surface area contributed by atoms with Gasteiger partial charge in [-0.3, -0.25) is 4.98 Å². The molecule has 0 spiro atoms. The predicted octanol–water partition coefficient (Wildman–Crippen LogP) is 3.40. The van der Waals surface area contributed by atoms with Crippen molar-refractivity contribution >= 4 is 22.5 Å². The third kappa shape index (κ3) is 2.59. The fourth-order valence-corrected chi connectivity index (χ4v) is 2.42. The maximum atomic E-state index is 6.28. The van der Waals surface area contributed by atoms with Crippen molar-refractivity contribution in [1.29, 1.82) is 0 Å². The molecule has 0 saturated carbocycles. The molecule has 0 unspecified atom stereocenters. The number of hydrogen-bond acceptors (Lipinski definition) is 2. The van der Waals surface area contributed by atoms with Crippen molar-refractivity contribution in [3.8, 4) is 0 Å². The molecule has 1 heterocycles. The smallest absolute Gasteiger partial charge is 0.0752 e. The van der Waals surface area contributed by atoms with Crippen molar-refractivity contribution in [2.24, 2.45) is 5.73 Å². The Balaban J connectivity index is 2.64. The Hall–Kier alpha value is -1.12. The van der Waals surface area contributed by atoms with Gasteiger partial charge in [-0.05, 0) is 50.9 Å². The van der Waals surface area contributed by atoms with Gasteiger partial charge in [0.1, 0.15) is 0 Å². The van der Waals surface area contributed by atoms with E-state index in [0.29, 0.717) is 6.54 Å². The van der Waals surface area contributed by atoms with E-state index in [-0.39, 0.29) is 0 Å². The summed E-state index contributed by atoms with van der Waals surface area (Å²) in [6.45, 7) is 4.76. The maximum absolute atomic E-state index is 6.28. The van der Waals surface area contributed by atoms with Gasteiger partial charge >= 0.3 is 0 Å². The second-order valence-corrected chi connectivity index (χ2v) is 4.87. The van der Waals surface area contributed by atoms with Gasteiger partial charge in [-0.2, -0.15) is 0 Å². The van der Waals surface area contributed by atoms with Gasteiger partial charge in [-0.1, -0.05) is 23.2 Å². The molecule has 1 aromatic carbocycles. The highest BCUT2D eigenvalue weighted by Gasteiger charge is 2.08. The molecule has 0 aliphatic heterocycles. The molecule has 2 rings (SSSR count). The Morgan fingerprint density at radius 3 is 2.71 bits per heavy atom. The van der Waals surface area contributed by atoms with Crippen LogP contribution in [0.5, 0.6) is 0 Å². The highest BCUT2D eigenvalue weighted by atomic mass is 35.5. The molecule has 0 aliphatic rings. The first-order valence-electron chi connectivity index (χ1n) is 5.88. The topological polar surface area (TPSA) is 38.9 Å². The standard InChI is InChI=1S/C14H17ClN2/c1-9-6-11(4-3-5-16)14-12(7-9)13(15)8-10(2)17-14/h6-8H,3-5,16H2,1-2H3. The molecular formula is C14H17ClN2. The third-order valence-electron chi connectivity index (χ3n) is 2.86. The van der Waals surface area contributed by atoms with Crippen molar-refractivity contribution in [3.63, 3.8) is 0 Å². The average molecular weight is 249 g/mol. The molecule has 2 N–H and O–H groups in total. The lowest BCUT2D eigenvalue weighted by Gasteiger charge is -2.09. The Morgan fingerprint density at radius 1 is 1.24 bits per heavy atom. The molecule has 90 valence electrons. The Kier molecular flexibility index (Phi) is 3.65. The summed E-state index contributed by atoms with van der Waals surface area (Å²) in [5, 5.41) is 1.83. The summed E-state index contributed by atoms with van der Waals surface area (Å²) < 4.78 is 0. The quantitative estimate of drug-likeness (QED) is 0.904. The van der Waals surface area contributed by atoms with Crippen molar-refractivity contribution in [2.45, 2.75) is 26.7 Å². The van der Waals surface area contributed by atoms with Gasteiger partial charge in [-0.15, -0.1) is 0 Å². The van der Waals surface area contributed by atoms with Gasteiger partial charge in [0.05, 0.1) is 10.5 Å². The summed E-state index contributed by atoms with van der Waals surface area (Å²) in [5.41, 5.74) is 10.0. The van der Waals surface area contributed by atoms with E-state index in [1.165, 1.54) is 11.1 Å². The van der Waals surface area contributed by atoms with E-state index in [1.54, 1.807) is 0 Å². The molecule has 0 amide bonds. The number of hydrogen-bond donors (Lipinski definition) is 1. The van der Waals surface area contributed by atoms with Crippen molar-refractivity contribution in [2.75, 3.05) is 6.54 Å². The van der Waals surface area contributed by atoms with Crippen LogP contribution in [0, 0.1) is 13.8 Å². The van der Waals surface area contributed by atoms with Gasteiger partial charge in [0, 0.05) is 11.1 Å². The largest absolute Gasteiger partial charge is 0.330 e. The fourth-order valence-electron chi connectivity index (χ4n) is 2.12. The maximum Gasteiger partial charge on any atom is 0.0752 e. The van der Waals surface area contributed by atoms with Gasteiger partial charge in [0.15, 0.2) is 0 Å². The zero-order valence-electron chi connectivity index (χ0n) is 10.3. The van der Waals surface area contributed by atoms with E-state index < -0.39 is 0 Å². The van der Waals surface area contributed by atoms with Crippen LogP contribution in [0.25, 0.3) is 10.9 Å². The lowest BCUT2D eigenvalue weighted by molar-refractivity contribution is 0.834. The molecule has 0 atom stereocenters. The number of rotatable bonds is 3. The summed E-state index contributed by atoms with van der Waals surface area (Å²) in [5.74, 6) is 0. The fraction of sp³-hybridized carbons (Fsp3) is 0.357. The zero-order chi connectivity index (χ0) is 12.4. The van der Waals surface area contributed by atoms with Crippen LogP contribution >= 0.6 is 11.6 Å². The van der Waals surface area contributed by atoms with Gasteiger partial charge in [0.25, 0.3) is 0 Å². The summed E-state index contributed by atoms with van der Waals surface area (Å²) in [4.78, 5) is 4.61. The van der Waals surface area contributed by atoms with Crippen LogP contribution in [-0.2, 0) is 6.42 Å². The van der Waals surface area contributed by atoms with Crippen molar-refractivity contribution in [1.82, 2.24) is 4.98 Å². The van der Waals surface area contributed by atoms with Crippen LogP contribution in [0.3, 0.4) is 0 Å². The number of halogens is 1. The molecule has 3 heteroatoms. The number of fused-ring (bicyclic) bond motifs is 1. The van der Waals surface area contributed by atoms with Crippen LogP contribution < -0.4 is 5.73 Å². The number of aromatic nitrogens is 1. The molecule has 17 heavy (non-hydrogen) atoms. The number of pyridine rings is 1. The summed E-state index contributed by atoms with van der Waals surface area (Å²) in [6.07, 6.45) is 1.94. The number of nitrogens with two attached hydrogens (primary N) is 1. The normalized spacial score (nSPS) is 11.1. The van der Waals surface area contributed by atoms with E-state index in [0.717, 1.165) is 34.5 Å². The molecule has 0 bridgehead atoms. The summed E-state index contributed by atoms with van der Waals surface area (Å²) >= 11 is 6.28. The van der Waals surface area contributed by atoms with Crippen molar-refractivity contribution in [3.05, 3.63) is 40.0 Å². The van der Waals surface area contributed by atoms with Crippen molar-refractivity contribution < 1.29 is 0 Å². The number of aryl methyl sites for hydroxylation is 3. The van der Waals surface area contributed by atoms with Gasteiger partial charge in [-0.25, -0.2) is 0 Å². The minimum atomic E-state index is 0.703. The van der Waals surface area contributed by atoms with Gasteiger partial charge < -0.3 is 5.73 Å². The Morgan fingerprint density at radius 2 is 2.00 bits per heavy atom. The van der Waals surface area contributed by atoms with Gasteiger partial charge in [0.2, 0.25) is 0 Å². The number of nitrogens with zero attached hydrogens (tertiary/aromatic N) is 1. The molecular weight excluding hydrogens is 232 g/mol. The van der Waals surface area contributed by atoms with E-state index in [1.807, 2.05) is 13.0 Å². The second-order valence-electron chi connectivity index (χ2n) is 4.46. The Bertz CT molecular complexity index is 549. The molecule has 0 aliphatic carbocycles. The average Bonchev–Trinajstić information content (AvgIpc) is 2.27. The van der Waals surface area contributed by atoms with E-state index in [4.69, 9.17) is 17.3 Å². The highest BCUT2D eigenvalue weighted by Crippen LogP contribution is 2.27. The van der Waals surface area contributed by atoms with Crippen LogP contribution in [0.1, 0.15) is 23.2 Å². The lowest BCUT2D eigenvalue weighted by atomic mass is 10.0. The minimum Gasteiger partial charge on any atom is -0.330 e. The molecule has 2 aromatic rings. The van der Waals surface area contributed by atoms with Crippen LogP contribution in [0.2, 0.25) is 5.02 Å². The molecule has 2 nitrogen and oxygen atoms in total.